The molecule has 3 aromatic rings. The van der Waals surface area contributed by atoms with Crippen molar-refractivity contribution in [1.29, 1.82) is 0 Å². The Bertz CT molecular complexity index is 1550. The lowest BCUT2D eigenvalue weighted by Crippen LogP contribution is -2.48. The van der Waals surface area contributed by atoms with Gasteiger partial charge in [0.25, 0.3) is 11.8 Å². The maximum Gasteiger partial charge on any atom is 0.265 e. The monoisotopic (exact) mass is 617 g/mol. The van der Waals surface area contributed by atoms with Gasteiger partial charge >= 0.3 is 0 Å². The number of aliphatic hydroxyl groups excluding tert-OH is 1. The number of Topliss-reactive ketones (excluding diaryl/α,β-unsaturated/α-hetero) is 1. The first-order chi connectivity index (χ1) is 20.8. The number of amides is 3. The molecule has 44 heavy (non-hydrogen) atoms. The number of para-hydroxylation sites is 1. The number of benzene rings is 1. The molecule has 0 aliphatic carbocycles. The number of aliphatic hydroxyl groups is 1. The molecule has 0 radical (unpaired) electrons. The summed E-state index contributed by atoms with van der Waals surface area (Å²) in [6, 6.07) is 11.6. The number of carbonyl (C=O) groups excluding carboxylic acids is 4. The van der Waals surface area contributed by atoms with Crippen LogP contribution in [-0.2, 0) is 33.6 Å². The molecule has 3 heterocycles. The molecule has 232 valence electrons. The Morgan fingerprint density at radius 1 is 1.05 bits per heavy atom. The zero-order chi connectivity index (χ0) is 32.0. The number of allylic oxidation sites excluding steroid dienone is 1. The Morgan fingerprint density at radius 2 is 1.80 bits per heavy atom. The number of fused-ring (bicyclic) bond motifs is 1. The van der Waals surface area contributed by atoms with Gasteiger partial charge in [0.15, 0.2) is 5.78 Å². The third-order valence-electron chi connectivity index (χ3n) is 7.46. The highest BCUT2D eigenvalue weighted by molar-refractivity contribution is 7.12. The molecule has 2 aromatic heterocycles. The van der Waals surface area contributed by atoms with Crippen LogP contribution in [0.3, 0.4) is 0 Å². The third kappa shape index (κ3) is 8.18. The standard InChI is InChI=1S/C33H39N5O5S/c1-33(2,3)37-32(43)30-22(12-14-44-30)16-27(39)23(15-20-7-6-13-36-19-20)17-28(40)26(18-29(34)41)38-24-9-5-4-8-21(24)10-11-25(38)31(35)42/h4-9,11-14,19,23,26-27,39H,10,15-18H2,1-3H3,(H2,34,41)(H2,35,42)(H,37,43). The summed E-state index contributed by atoms with van der Waals surface area (Å²) in [5, 5.41) is 16.4. The smallest absolute Gasteiger partial charge is 0.265 e. The van der Waals surface area contributed by atoms with Crippen molar-refractivity contribution in [1.82, 2.24) is 10.3 Å². The van der Waals surface area contributed by atoms with Gasteiger partial charge in [-0.05, 0) is 79.8 Å². The van der Waals surface area contributed by atoms with Gasteiger partial charge in [-0.1, -0.05) is 30.3 Å². The molecule has 6 N–H and O–H groups in total. The first-order valence-electron chi connectivity index (χ1n) is 14.5. The highest BCUT2D eigenvalue weighted by atomic mass is 32.1. The van der Waals surface area contributed by atoms with Gasteiger partial charge in [-0.25, -0.2) is 0 Å². The molecule has 3 unspecified atom stereocenters. The number of hydrogen-bond acceptors (Lipinski definition) is 8. The zero-order valence-corrected chi connectivity index (χ0v) is 26.0. The van der Waals surface area contributed by atoms with Crippen molar-refractivity contribution in [2.45, 2.75) is 70.6 Å². The van der Waals surface area contributed by atoms with E-state index in [0.29, 0.717) is 29.0 Å². The van der Waals surface area contributed by atoms with E-state index in [0.717, 1.165) is 11.1 Å². The van der Waals surface area contributed by atoms with Crippen LogP contribution < -0.4 is 21.7 Å². The van der Waals surface area contributed by atoms with Crippen molar-refractivity contribution in [2.24, 2.45) is 17.4 Å². The Hall–Kier alpha value is -4.35. The Balaban J connectivity index is 1.66. The van der Waals surface area contributed by atoms with Crippen molar-refractivity contribution in [3.05, 3.63) is 93.6 Å². The van der Waals surface area contributed by atoms with Gasteiger partial charge < -0.3 is 26.8 Å². The van der Waals surface area contributed by atoms with Crippen LogP contribution in [0.2, 0.25) is 0 Å². The molecule has 0 saturated carbocycles. The van der Waals surface area contributed by atoms with Gasteiger partial charge in [-0.3, -0.25) is 24.2 Å². The second-order valence-electron chi connectivity index (χ2n) is 12.1. The van der Waals surface area contributed by atoms with Crippen LogP contribution in [0.5, 0.6) is 0 Å². The Morgan fingerprint density at radius 3 is 2.45 bits per heavy atom. The molecular formula is C33H39N5O5S. The van der Waals surface area contributed by atoms with Crippen molar-refractivity contribution in [3.8, 4) is 0 Å². The van der Waals surface area contributed by atoms with Crippen LogP contribution in [0.1, 0.15) is 60.0 Å². The van der Waals surface area contributed by atoms with Crippen molar-refractivity contribution in [2.75, 3.05) is 4.90 Å². The van der Waals surface area contributed by atoms with E-state index in [1.165, 1.54) is 16.2 Å². The summed E-state index contributed by atoms with van der Waals surface area (Å²) in [7, 11) is 0. The summed E-state index contributed by atoms with van der Waals surface area (Å²) in [6.45, 7) is 5.68. The lowest BCUT2D eigenvalue weighted by molar-refractivity contribution is -0.126. The summed E-state index contributed by atoms with van der Waals surface area (Å²) in [6.07, 6.45) is 4.34. The largest absolute Gasteiger partial charge is 0.392 e. The first kappa shape index (κ1) is 32.6. The number of nitrogens with one attached hydrogen (secondary N) is 1. The summed E-state index contributed by atoms with van der Waals surface area (Å²) >= 11 is 1.29. The second kappa shape index (κ2) is 14.0. The molecule has 11 heteroatoms. The molecule has 0 fully saturated rings. The van der Waals surface area contributed by atoms with Crippen molar-refractivity contribution >= 4 is 40.5 Å². The number of pyridine rings is 1. The number of nitrogens with two attached hydrogens (primary N) is 2. The van der Waals surface area contributed by atoms with E-state index in [9.17, 15) is 24.3 Å². The van der Waals surface area contributed by atoms with E-state index in [2.05, 4.69) is 10.3 Å². The average Bonchev–Trinajstić information content (AvgIpc) is 3.42. The minimum Gasteiger partial charge on any atom is -0.392 e. The average molecular weight is 618 g/mol. The topological polar surface area (TPSA) is 169 Å². The third-order valence-corrected chi connectivity index (χ3v) is 8.41. The van der Waals surface area contributed by atoms with E-state index >= 15 is 0 Å². The Labute approximate surface area is 261 Å². The summed E-state index contributed by atoms with van der Waals surface area (Å²) in [5.74, 6) is -2.66. The number of carbonyl (C=O) groups is 4. The molecular weight excluding hydrogens is 578 g/mol. The minimum absolute atomic E-state index is 0.112. The summed E-state index contributed by atoms with van der Waals surface area (Å²) in [5.41, 5.74) is 14.0. The quantitative estimate of drug-likeness (QED) is 0.229. The molecule has 10 nitrogen and oxygen atoms in total. The van der Waals surface area contributed by atoms with Crippen LogP contribution in [0.15, 0.2) is 72.0 Å². The first-order valence-corrected chi connectivity index (χ1v) is 15.4. The number of primary amides is 2. The Kier molecular flexibility index (Phi) is 10.3. The van der Waals surface area contributed by atoms with Crippen LogP contribution in [0, 0.1) is 5.92 Å². The molecule has 0 bridgehead atoms. The normalized spacial score (nSPS) is 15.0. The number of aromatic nitrogens is 1. The van der Waals surface area contributed by atoms with Crippen LogP contribution in [-0.4, -0.2) is 51.3 Å². The fourth-order valence-corrected chi connectivity index (χ4v) is 6.32. The van der Waals surface area contributed by atoms with Crippen molar-refractivity contribution in [3.63, 3.8) is 0 Å². The second-order valence-corrected chi connectivity index (χ2v) is 13.0. The summed E-state index contributed by atoms with van der Waals surface area (Å²) in [4.78, 5) is 58.1. The van der Waals surface area contributed by atoms with E-state index in [1.807, 2.05) is 39.0 Å². The van der Waals surface area contributed by atoms with Gasteiger partial charge in [0, 0.05) is 36.5 Å². The predicted octanol–water partition coefficient (Wildman–Crippen LogP) is 3.07. The molecule has 1 aromatic carbocycles. The van der Waals surface area contributed by atoms with Gasteiger partial charge in [0.1, 0.15) is 11.7 Å². The van der Waals surface area contributed by atoms with Crippen LogP contribution in [0.4, 0.5) is 5.69 Å². The molecule has 4 rings (SSSR count). The maximum absolute atomic E-state index is 14.2. The number of ketones is 1. The van der Waals surface area contributed by atoms with E-state index in [4.69, 9.17) is 11.5 Å². The lowest BCUT2D eigenvalue weighted by Gasteiger charge is -2.37. The summed E-state index contributed by atoms with van der Waals surface area (Å²) < 4.78 is 0. The number of hydrogen-bond donors (Lipinski definition) is 4. The van der Waals surface area contributed by atoms with Gasteiger partial charge in [0.05, 0.1) is 17.4 Å². The molecule has 0 spiro atoms. The molecule has 0 saturated heterocycles. The molecule has 1 aliphatic rings. The van der Waals surface area contributed by atoms with E-state index in [1.54, 1.807) is 48.1 Å². The van der Waals surface area contributed by atoms with Gasteiger partial charge in [-0.2, -0.15) is 0 Å². The molecule has 3 atom stereocenters. The fourth-order valence-electron chi connectivity index (χ4n) is 5.49. The lowest BCUT2D eigenvalue weighted by atomic mass is 9.84. The van der Waals surface area contributed by atoms with E-state index in [-0.39, 0.29) is 36.6 Å². The number of rotatable bonds is 13. The van der Waals surface area contributed by atoms with Crippen LogP contribution in [0.25, 0.3) is 0 Å². The highest BCUT2D eigenvalue weighted by Crippen LogP contribution is 2.34. The predicted molar refractivity (Wildman–Crippen MR) is 170 cm³/mol. The fraction of sp³-hybridized carbons (Fsp3) is 0.364. The van der Waals surface area contributed by atoms with Crippen LogP contribution >= 0.6 is 11.3 Å². The maximum atomic E-state index is 14.2. The van der Waals surface area contributed by atoms with Gasteiger partial charge in [-0.15, -0.1) is 11.3 Å². The van der Waals surface area contributed by atoms with Crippen molar-refractivity contribution < 1.29 is 24.3 Å². The van der Waals surface area contributed by atoms with E-state index < -0.39 is 35.4 Å². The molecule has 1 aliphatic heterocycles. The minimum atomic E-state index is -1.12. The number of thiophene rings is 1. The molecule has 3 amide bonds. The zero-order valence-electron chi connectivity index (χ0n) is 25.2. The van der Waals surface area contributed by atoms with Gasteiger partial charge in [0.2, 0.25) is 5.91 Å². The SMILES string of the molecule is CC(C)(C)NC(=O)c1sccc1CC(O)C(CC(=O)C(CC(N)=O)N1C(C(N)=O)=CCc2ccccc21)Cc1cccnc1. The highest BCUT2D eigenvalue weighted by Gasteiger charge is 2.37. The number of anilines is 1. The number of nitrogens with zero attached hydrogens (tertiary/aromatic N) is 2.